The van der Waals surface area contributed by atoms with Crippen LogP contribution in [0.1, 0.15) is 50.3 Å². The maximum Gasteiger partial charge on any atom is -0.0256 e. The minimum atomic E-state index is 0.755. The van der Waals surface area contributed by atoms with Gasteiger partial charge in [-0.05, 0) is 48.8 Å². The Bertz CT molecular complexity index is 297. The van der Waals surface area contributed by atoms with Crippen molar-refractivity contribution in [2.24, 2.45) is 5.92 Å². The van der Waals surface area contributed by atoms with Crippen LogP contribution in [0.5, 0.6) is 0 Å². The van der Waals surface area contributed by atoms with Crippen LogP contribution in [-0.2, 0) is 12.8 Å². The number of rotatable bonds is 5. The van der Waals surface area contributed by atoms with Gasteiger partial charge in [-0.1, -0.05) is 45.4 Å². The third-order valence-corrected chi connectivity index (χ3v) is 2.85. The van der Waals surface area contributed by atoms with Crippen LogP contribution in [0.3, 0.4) is 0 Å². The minimum Gasteiger partial charge on any atom is -0.0654 e. The zero-order valence-corrected chi connectivity index (χ0v) is 10.6. The van der Waals surface area contributed by atoms with E-state index in [2.05, 4.69) is 45.9 Å². The Kier molecular flexibility index (Phi) is 4.87. The van der Waals surface area contributed by atoms with E-state index in [1.165, 1.54) is 42.4 Å². The highest BCUT2D eigenvalue weighted by Gasteiger charge is 2.01. The zero-order chi connectivity index (χ0) is 11.3. The molecule has 0 N–H and O–H groups in total. The van der Waals surface area contributed by atoms with Crippen LogP contribution in [0.25, 0.3) is 0 Å². The second-order valence-corrected chi connectivity index (χ2v) is 4.96. The molecule has 0 spiro atoms. The second kappa shape index (κ2) is 5.95. The Balaban J connectivity index is 2.69. The van der Waals surface area contributed by atoms with Crippen molar-refractivity contribution in [2.45, 2.75) is 53.4 Å². The molecule has 0 saturated carbocycles. The number of hydrogen-bond acceptors (Lipinski definition) is 0. The molecule has 0 aromatic heterocycles. The topological polar surface area (TPSA) is 0 Å². The SMILES string of the molecule is CCCCc1ccc(CC(C)C)cc1C. The molecule has 84 valence electrons. The van der Waals surface area contributed by atoms with E-state index in [1.807, 2.05) is 0 Å². The quantitative estimate of drug-likeness (QED) is 0.660. The smallest absolute Gasteiger partial charge is 0.0256 e. The molecule has 0 heteroatoms. The molecule has 0 aliphatic carbocycles. The first kappa shape index (κ1) is 12.3. The molecule has 1 aromatic rings. The van der Waals surface area contributed by atoms with Gasteiger partial charge in [0.25, 0.3) is 0 Å². The fourth-order valence-electron chi connectivity index (χ4n) is 2.00. The molecule has 0 saturated heterocycles. The average molecular weight is 204 g/mol. The molecule has 0 aliphatic rings. The summed E-state index contributed by atoms with van der Waals surface area (Å²) in [7, 11) is 0. The summed E-state index contributed by atoms with van der Waals surface area (Å²) in [6.45, 7) is 9.05. The maximum atomic E-state index is 2.37. The number of aryl methyl sites for hydroxylation is 2. The molecule has 0 amide bonds. The van der Waals surface area contributed by atoms with Crippen molar-refractivity contribution in [1.82, 2.24) is 0 Å². The van der Waals surface area contributed by atoms with E-state index in [1.54, 1.807) is 0 Å². The molecule has 15 heavy (non-hydrogen) atoms. The van der Waals surface area contributed by atoms with Crippen molar-refractivity contribution >= 4 is 0 Å². The van der Waals surface area contributed by atoms with E-state index >= 15 is 0 Å². The van der Waals surface area contributed by atoms with Gasteiger partial charge in [0.1, 0.15) is 0 Å². The van der Waals surface area contributed by atoms with Crippen LogP contribution in [0, 0.1) is 12.8 Å². The summed E-state index contributed by atoms with van der Waals surface area (Å²) in [4.78, 5) is 0. The Morgan fingerprint density at radius 3 is 2.47 bits per heavy atom. The van der Waals surface area contributed by atoms with Gasteiger partial charge in [0.2, 0.25) is 0 Å². The van der Waals surface area contributed by atoms with Gasteiger partial charge in [-0.3, -0.25) is 0 Å². The lowest BCUT2D eigenvalue weighted by Gasteiger charge is -2.09. The number of benzene rings is 1. The highest BCUT2D eigenvalue weighted by Crippen LogP contribution is 2.16. The van der Waals surface area contributed by atoms with E-state index in [0.29, 0.717) is 0 Å². The molecule has 0 aliphatic heterocycles. The van der Waals surface area contributed by atoms with Gasteiger partial charge in [-0.2, -0.15) is 0 Å². The Hall–Kier alpha value is -0.780. The lowest BCUT2D eigenvalue weighted by Crippen LogP contribution is -1.96. The van der Waals surface area contributed by atoms with Crippen molar-refractivity contribution in [3.63, 3.8) is 0 Å². The molecule has 0 fully saturated rings. The molecule has 0 atom stereocenters. The lowest BCUT2D eigenvalue weighted by atomic mass is 9.96. The zero-order valence-electron chi connectivity index (χ0n) is 10.6. The van der Waals surface area contributed by atoms with Gasteiger partial charge in [0, 0.05) is 0 Å². The van der Waals surface area contributed by atoms with Crippen molar-refractivity contribution < 1.29 is 0 Å². The van der Waals surface area contributed by atoms with Gasteiger partial charge < -0.3 is 0 Å². The van der Waals surface area contributed by atoms with E-state index in [9.17, 15) is 0 Å². The lowest BCUT2D eigenvalue weighted by molar-refractivity contribution is 0.646. The molecule has 0 heterocycles. The average Bonchev–Trinajstić information content (AvgIpc) is 2.15. The summed E-state index contributed by atoms with van der Waals surface area (Å²) in [5.41, 5.74) is 4.49. The Labute approximate surface area is 94.7 Å². The first-order valence-electron chi connectivity index (χ1n) is 6.22. The van der Waals surface area contributed by atoms with Crippen molar-refractivity contribution in [3.05, 3.63) is 34.9 Å². The first-order chi connectivity index (χ1) is 7.13. The van der Waals surface area contributed by atoms with Crippen LogP contribution in [0.15, 0.2) is 18.2 Å². The summed E-state index contributed by atoms with van der Waals surface area (Å²) < 4.78 is 0. The third-order valence-electron chi connectivity index (χ3n) is 2.85. The monoisotopic (exact) mass is 204 g/mol. The number of hydrogen-bond donors (Lipinski definition) is 0. The predicted molar refractivity (Wildman–Crippen MR) is 68.3 cm³/mol. The molecule has 0 nitrogen and oxygen atoms in total. The normalized spacial score (nSPS) is 11.0. The predicted octanol–water partition coefficient (Wildman–Crippen LogP) is 4.54. The molecule has 0 radical (unpaired) electrons. The fraction of sp³-hybridized carbons (Fsp3) is 0.600. The van der Waals surface area contributed by atoms with E-state index in [-0.39, 0.29) is 0 Å². The Morgan fingerprint density at radius 2 is 1.93 bits per heavy atom. The highest BCUT2D eigenvalue weighted by atomic mass is 14.1. The van der Waals surface area contributed by atoms with Crippen molar-refractivity contribution in [3.8, 4) is 0 Å². The highest BCUT2D eigenvalue weighted by molar-refractivity contribution is 5.31. The maximum absolute atomic E-state index is 2.37. The van der Waals surface area contributed by atoms with Gasteiger partial charge in [0.15, 0.2) is 0 Å². The molecule has 0 unspecified atom stereocenters. The minimum absolute atomic E-state index is 0.755. The summed E-state index contributed by atoms with van der Waals surface area (Å²) in [5.74, 6) is 0.755. The van der Waals surface area contributed by atoms with E-state index < -0.39 is 0 Å². The van der Waals surface area contributed by atoms with Crippen molar-refractivity contribution in [2.75, 3.05) is 0 Å². The van der Waals surface area contributed by atoms with Gasteiger partial charge in [-0.25, -0.2) is 0 Å². The number of unbranched alkanes of at least 4 members (excludes halogenated alkanes) is 1. The largest absolute Gasteiger partial charge is 0.0654 e. The third kappa shape index (κ3) is 4.07. The van der Waals surface area contributed by atoms with E-state index in [4.69, 9.17) is 0 Å². The first-order valence-corrected chi connectivity index (χ1v) is 6.22. The standard InChI is InChI=1S/C15H24/c1-5-6-7-15-9-8-14(10-12(2)3)11-13(15)4/h8-9,11-12H,5-7,10H2,1-4H3. The molecule has 1 aromatic carbocycles. The second-order valence-electron chi connectivity index (χ2n) is 4.96. The van der Waals surface area contributed by atoms with Crippen LogP contribution >= 0.6 is 0 Å². The molecule has 1 rings (SSSR count). The summed E-state index contributed by atoms with van der Waals surface area (Å²) in [6, 6.07) is 6.99. The van der Waals surface area contributed by atoms with Crippen LogP contribution in [-0.4, -0.2) is 0 Å². The molecule has 0 bridgehead atoms. The van der Waals surface area contributed by atoms with Crippen molar-refractivity contribution in [1.29, 1.82) is 0 Å². The van der Waals surface area contributed by atoms with Gasteiger partial charge >= 0.3 is 0 Å². The molecular weight excluding hydrogens is 180 g/mol. The summed E-state index contributed by atoms with van der Waals surface area (Å²) in [6.07, 6.45) is 5.04. The Morgan fingerprint density at radius 1 is 1.20 bits per heavy atom. The van der Waals surface area contributed by atoms with Crippen LogP contribution in [0.2, 0.25) is 0 Å². The van der Waals surface area contributed by atoms with Gasteiger partial charge in [0.05, 0.1) is 0 Å². The van der Waals surface area contributed by atoms with Crippen LogP contribution < -0.4 is 0 Å². The summed E-state index contributed by atoms with van der Waals surface area (Å²) in [5, 5.41) is 0. The van der Waals surface area contributed by atoms with Crippen LogP contribution in [0.4, 0.5) is 0 Å². The molecular formula is C15H24. The summed E-state index contributed by atoms with van der Waals surface area (Å²) >= 11 is 0. The van der Waals surface area contributed by atoms with Gasteiger partial charge in [-0.15, -0.1) is 0 Å². The fourth-order valence-corrected chi connectivity index (χ4v) is 2.00. The van der Waals surface area contributed by atoms with E-state index in [0.717, 1.165) is 5.92 Å².